The minimum atomic E-state index is -4.78. The number of nitrogens with zero attached hydrogens (tertiary/aromatic N) is 3. The quantitative estimate of drug-likeness (QED) is 0.867. The zero-order valence-electron chi connectivity index (χ0n) is 14.6. The number of amides is 1. The Labute approximate surface area is 154 Å². The van der Waals surface area contributed by atoms with Crippen molar-refractivity contribution in [2.24, 2.45) is 5.41 Å². The number of halogens is 3. The molecular formula is C18H20F3N3O3. The van der Waals surface area contributed by atoms with E-state index in [9.17, 15) is 18.0 Å². The van der Waals surface area contributed by atoms with E-state index >= 15 is 0 Å². The van der Waals surface area contributed by atoms with Gasteiger partial charge in [0, 0.05) is 30.9 Å². The van der Waals surface area contributed by atoms with Gasteiger partial charge in [-0.1, -0.05) is 0 Å². The molecule has 1 N–H and O–H groups in total. The van der Waals surface area contributed by atoms with Crippen molar-refractivity contribution in [1.82, 2.24) is 9.88 Å². The lowest BCUT2D eigenvalue weighted by atomic mass is 9.57. The van der Waals surface area contributed by atoms with Crippen LogP contribution in [0.4, 0.5) is 18.0 Å². The third-order valence-corrected chi connectivity index (χ3v) is 5.55. The number of hydrogen-bond acceptors (Lipinski definition) is 5. The summed E-state index contributed by atoms with van der Waals surface area (Å²) in [5, 5.41) is 17.6. The number of carbonyl (C=O) groups is 1. The van der Waals surface area contributed by atoms with Crippen LogP contribution in [-0.4, -0.2) is 53.1 Å². The van der Waals surface area contributed by atoms with Gasteiger partial charge in [0.15, 0.2) is 0 Å². The summed E-state index contributed by atoms with van der Waals surface area (Å²) in [5.41, 5.74) is 1.54. The molecule has 1 saturated carbocycles. The van der Waals surface area contributed by atoms with Gasteiger partial charge in [-0.3, -0.25) is 4.98 Å². The predicted octanol–water partition coefficient (Wildman–Crippen LogP) is 2.97. The smallest absolute Gasteiger partial charge is 0.427 e. The highest BCUT2D eigenvalue weighted by Gasteiger charge is 2.48. The Morgan fingerprint density at radius 1 is 1.41 bits per heavy atom. The number of rotatable bonds is 3. The SMILES string of the molecule is N#Cc1ccc(C2CC3(CCN(C(=O)O[C@H](CO)C(F)(F)F)CC3)C2)nc1. The fourth-order valence-electron chi connectivity index (χ4n) is 3.88. The molecule has 0 aromatic carbocycles. The summed E-state index contributed by atoms with van der Waals surface area (Å²) in [6, 6.07) is 5.63. The third-order valence-electron chi connectivity index (χ3n) is 5.55. The average molecular weight is 383 g/mol. The van der Waals surface area contributed by atoms with Crippen LogP contribution in [-0.2, 0) is 4.74 Å². The van der Waals surface area contributed by atoms with Crippen molar-refractivity contribution in [1.29, 1.82) is 5.26 Å². The minimum Gasteiger partial charge on any atom is -0.434 e. The van der Waals surface area contributed by atoms with Gasteiger partial charge in [-0.25, -0.2) is 4.79 Å². The van der Waals surface area contributed by atoms with Crippen molar-refractivity contribution in [3.05, 3.63) is 29.6 Å². The molecule has 9 heteroatoms. The van der Waals surface area contributed by atoms with Crippen LogP contribution >= 0.6 is 0 Å². The number of nitriles is 1. The topological polar surface area (TPSA) is 86.5 Å². The lowest BCUT2D eigenvalue weighted by molar-refractivity contribution is -0.215. The summed E-state index contributed by atoms with van der Waals surface area (Å²) in [6.07, 6.45) is -3.53. The molecule has 146 valence electrons. The molecule has 3 rings (SSSR count). The summed E-state index contributed by atoms with van der Waals surface area (Å²) in [7, 11) is 0. The second-order valence-electron chi connectivity index (χ2n) is 7.27. The number of aliphatic hydroxyl groups excluding tert-OH is 1. The minimum absolute atomic E-state index is 0.0808. The fraction of sp³-hybridized carbons (Fsp3) is 0.611. The number of ether oxygens (including phenoxy) is 1. The maximum atomic E-state index is 12.6. The first-order valence-corrected chi connectivity index (χ1v) is 8.75. The monoisotopic (exact) mass is 383 g/mol. The van der Waals surface area contributed by atoms with E-state index in [1.54, 1.807) is 12.3 Å². The number of piperidine rings is 1. The van der Waals surface area contributed by atoms with Crippen molar-refractivity contribution in [3.8, 4) is 6.07 Å². The van der Waals surface area contributed by atoms with Crippen LogP contribution < -0.4 is 0 Å². The van der Waals surface area contributed by atoms with Crippen LogP contribution in [0.25, 0.3) is 0 Å². The lowest BCUT2D eigenvalue weighted by Gasteiger charge is -2.52. The Hall–Kier alpha value is -2.34. The molecule has 2 aliphatic rings. The molecule has 1 atom stereocenters. The van der Waals surface area contributed by atoms with Gasteiger partial charge in [0.05, 0.1) is 12.2 Å². The van der Waals surface area contributed by atoms with Gasteiger partial charge in [-0.15, -0.1) is 0 Å². The van der Waals surface area contributed by atoms with Crippen LogP contribution in [0, 0.1) is 16.7 Å². The first-order valence-electron chi connectivity index (χ1n) is 8.75. The van der Waals surface area contributed by atoms with Gasteiger partial charge < -0.3 is 14.7 Å². The van der Waals surface area contributed by atoms with E-state index in [0.717, 1.165) is 18.5 Å². The van der Waals surface area contributed by atoms with E-state index in [2.05, 4.69) is 9.72 Å². The van der Waals surface area contributed by atoms with Gasteiger partial charge in [0.1, 0.15) is 6.07 Å². The molecule has 2 fully saturated rings. The van der Waals surface area contributed by atoms with Gasteiger partial charge in [-0.05, 0) is 43.2 Å². The normalized spacial score (nSPS) is 20.6. The molecule has 1 spiro atoms. The molecule has 1 saturated heterocycles. The van der Waals surface area contributed by atoms with Crippen molar-refractivity contribution < 1.29 is 27.8 Å². The Bertz CT molecular complexity index is 714. The molecule has 1 amide bonds. The predicted molar refractivity (Wildman–Crippen MR) is 87.6 cm³/mol. The Kier molecular flexibility index (Phi) is 5.29. The highest BCUT2D eigenvalue weighted by atomic mass is 19.4. The van der Waals surface area contributed by atoms with Crippen LogP contribution in [0.2, 0.25) is 0 Å². The van der Waals surface area contributed by atoms with Crippen LogP contribution in [0.3, 0.4) is 0 Å². The third kappa shape index (κ3) is 4.16. The van der Waals surface area contributed by atoms with E-state index in [0.29, 0.717) is 37.4 Å². The summed E-state index contributed by atoms with van der Waals surface area (Å²) >= 11 is 0. The first-order chi connectivity index (χ1) is 12.8. The van der Waals surface area contributed by atoms with Gasteiger partial charge in [0.2, 0.25) is 6.10 Å². The Morgan fingerprint density at radius 3 is 2.56 bits per heavy atom. The van der Waals surface area contributed by atoms with E-state index in [4.69, 9.17) is 10.4 Å². The number of carbonyl (C=O) groups excluding carboxylic acids is 1. The summed E-state index contributed by atoms with van der Waals surface area (Å²) in [5.74, 6) is 0.306. The molecular weight excluding hydrogens is 363 g/mol. The molecule has 2 heterocycles. The van der Waals surface area contributed by atoms with Gasteiger partial charge in [0.25, 0.3) is 0 Å². The van der Waals surface area contributed by atoms with E-state index in [1.807, 2.05) is 12.1 Å². The highest BCUT2D eigenvalue weighted by molar-refractivity contribution is 5.68. The maximum Gasteiger partial charge on any atom is 0.427 e. The molecule has 1 aromatic rings. The largest absolute Gasteiger partial charge is 0.434 e. The molecule has 0 bridgehead atoms. The summed E-state index contributed by atoms with van der Waals surface area (Å²) < 4.78 is 42.2. The van der Waals surface area contributed by atoms with E-state index in [-0.39, 0.29) is 5.41 Å². The molecule has 6 nitrogen and oxygen atoms in total. The Morgan fingerprint density at radius 2 is 2.07 bits per heavy atom. The van der Waals surface area contributed by atoms with Crippen molar-refractivity contribution in [2.75, 3.05) is 19.7 Å². The number of alkyl halides is 3. The number of aromatic nitrogens is 1. The van der Waals surface area contributed by atoms with Crippen molar-refractivity contribution >= 4 is 6.09 Å². The molecule has 0 radical (unpaired) electrons. The van der Waals surface area contributed by atoms with Crippen LogP contribution in [0.1, 0.15) is 42.9 Å². The average Bonchev–Trinajstić information content (AvgIpc) is 2.63. The van der Waals surface area contributed by atoms with Gasteiger partial charge in [-0.2, -0.15) is 18.4 Å². The number of pyridine rings is 1. The van der Waals surface area contributed by atoms with E-state index < -0.39 is 25.0 Å². The number of aliphatic hydroxyl groups is 1. The second-order valence-corrected chi connectivity index (χ2v) is 7.27. The zero-order valence-corrected chi connectivity index (χ0v) is 14.6. The van der Waals surface area contributed by atoms with Crippen molar-refractivity contribution in [3.63, 3.8) is 0 Å². The maximum absolute atomic E-state index is 12.6. The standard InChI is InChI=1S/C18H20F3N3O3/c19-18(20,21)15(11-25)27-16(26)24-5-3-17(4-6-24)7-13(8-17)14-2-1-12(9-22)10-23-14/h1-2,10,13,15,25H,3-8,11H2/t15-/m1/s1. The highest BCUT2D eigenvalue weighted by Crippen LogP contribution is 2.56. The van der Waals surface area contributed by atoms with Crippen molar-refractivity contribution in [2.45, 2.75) is 43.9 Å². The number of likely N-dealkylation sites (tertiary alicyclic amines) is 1. The van der Waals surface area contributed by atoms with Crippen LogP contribution in [0.15, 0.2) is 18.3 Å². The molecule has 0 unspecified atom stereocenters. The van der Waals surface area contributed by atoms with E-state index in [1.165, 1.54) is 4.90 Å². The first kappa shape index (κ1) is 19.4. The molecule has 27 heavy (non-hydrogen) atoms. The molecule has 1 aliphatic carbocycles. The Balaban J connectivity index is 1.49. The number of hydrogen-bond donors (Lipinski definition) is 1. The molecule has 1 aromatic heterocycles. The lowest BCUT2D eigenvalue weighted by Crippen LogP contribution is -2.50. The summed E-state index contributed by atoms with van der Waals surface area (Å²) in [4.78, 5) is 17.5. The van der Waals surface area contributed by atoms with Crippen LogP contribution in [0.5, 0.6) is 0 Å². The second kappa shape index (κ2) is 7.35. The molecule has 1 aliphatic heterocycles. The summed E-state index contributed by atoms with van der Waals surface area (Å²) in [6.45, 7) is -0.614. The fourth-order valence-corrected chi connectivity index (χ4v) is 3.88. The van der Waals surface area contributed by atoms with Gasteiger partial charge >= 0.3 is 12.3 Å². The zero-order chi connectivity index (χ0) is 19.7.